The maximum absolute atomic E-state index is 12.7. The summed E-state index contributed by atoms with van der Waals surface area (Å²) < 4.78 is 30.8. The van der Waals surface area contributed by atoms with Crippen LogP contribution in [-0.2, 0) is 21.4 Å². The smallest absolute Gasteiger partial charge is 0.255 e. The summed E-state index contributed by atoms with van der Waals surface area (Å²) in [6.45, 7) is 2.76. The van der Waals surface area contributed by atoms with Crippen LogP contribution in [0.15, 0.2) is 76.8 Å². The number of hydrogen-bond donors (Lipinski definition) is 3. The standard InChI is InChI=1S/C27H29N5O5S2/c1-3-4-15-32-23-14-13-20(39(28,35)36)16-22(23)31-27(32)38-17-25(33)29-19-11-9-18(10-12-19)26(34)30-21-7-5-6-8-24(21)37-2/h5-14,16H,3-4,15,17H2,1-2H3,(H,29,33)(H,30,34)(H2,28,35,36). The van der Waals surface area contributed by atoms with Gasteiger partial charge < -0.3 is 19.9 Å². The lowest BCUT2D eigenvalue weighted by Gasteiger charge is -2.11. The third-order valence-electron chi connectivity index (χ3n) is 5.87. The molecule has 0 aliphatic rings. The summed E-state index contributed by atoms with van der Waals surface area (Å²) in [6, 6.07) is 18.3. The van der Waals surface area contributed by atoms with E-state index in [1.54, 1.807) is 48.5 Å². The van der Waals surface area contributed by atoms with Gasteiger partial charge in [0.25, 0.3) is 5.91 Å². The first-order chi connectivity index (χ1) is 18.7. The van der Waals surface area contributed by atoms with E-state index in [1.165, 1.54) is 31.0 Å². The van der Waals surface area contributed by atoms with Crippen molar-refractivity contribution >= 4 is 56.0 Å². The predicted octanol–water partition coefficient (Wildman–Crippen LogP) is 4.48. The Labute approximate surface area is 231 Å². The second-order valence-electron chi connectivity index (χ2n) is 8.66. The number of carbonyl (C=O) groups is 2. The van der Waals surface area contributed by atoms with E-state index in [0.717, 1.165) is 18.4 Å². The van der Waals surface area contributed by atoms with Gasteiger partial charge in [-0.2, -0.15) is 0 Å². The SMILES string of the molecule is CCCCn1c(SCC(=O)Nc2ccc(C(=O)Nc3ccccc3OC)cc2)nc2cc(S(N)(=O)=O)ccc21. The Morgan fingerprint density at radius 1 is 1.05 bits per heavy atom. The summed E-state index contributed by atoms with van der Waals surface area (Å²) in [5.74, 6) is 0.100. The van der Waals surface area contributed by atoms with Gasteiger partial charge in [0.15, 0.2) is 5.16 Å². The molecule has 0 radical (unpaired) electrons. The lowest BCUT2D eigenvalue weighted by atomic mass is 10.2. The molecule has 0 aliphatic heterocycles. The van der Waals surface area contributed by atoms with Gasteiger partial charge >= 0.3 is 0 Å². The Balaban J connectivity index is 1.41. The van der Waals surface area contributed by atoms with Crippen molar-refractivity contribution in [1.82, 2.24) is 9.55 Å². The van der Waals surface area contributed by atoms with Gasteiger partial charge in [0.05, 0.1) is 34.5 Å². The lowest BCUT2D eigenvalue weighted by molar-refractivity contribution is -0.113. The number of unbranched alkanes of at least 4 members (excludes halogenated alkanes) is 1. The van der Waals surface area contributed by atoms with Crippen molar-refractivity contribution in [3.8, 4) is 5.75 Å². The number of sulfonamides is 1. The van der Waals surface area contributed by atoms with Crippen LogP contribution in [0.1, 0.15) is 30.1 Å². The number of imidazole rings is 1. The summed E-state index contributed by atoms with van der Waals surface area (Å²) in [6.07, 6.45) is 1.87. The van der Waals surface area contributed by atoms with Crippen LogP contribution in [0.25, 0.3) is 11.0 Å². The van der Waals surface area contributed by atoms with E-state index in [0.29, 0.717) is 39.9 Å². The molecule has 0 saturated heterocycles. The first kappa shape index (κ1) is 28.1. The van der Waals surface area contributed by atoms with Gasteiger partial charge in [-0.1, -0.05) is 37.2 Å². The normalized spacial score (nSPS) is 11.4. The zero-order valence-electron chi connectivity index (χ0n) is 21.5. The molecule has 4 rings (SSSR count). The number of thioether (sulfide) groups is 1. The number of amides is 2. The number of carbonyl (C=O) groups excluding carboxylic acids is 2. The molecule has 1 heterocycles. The largest absolute Gasteiger partial charge is 0.495 e. The fourth-order valence-electron chi connectivity index (χ4n) is 3.88. The minimum Gasteiger partial charge on any atom is -0.495 e. The maximum atomic E-state index is 12.7. The average molecular weight is 568 g/mol. The molecule has 10 nitrogen and oxygen atoms in total. The molecule has 1 aromatic heterocycles. The van der Waals surface area contributed by atoms with Gasteiger partial charge in [0, 0.05) is 17.8 Å². The Morgan fingerprint density at radius 2 is 1.79 bits per heavy atom. The number of aromatic nitrogens is 2. The molecule has 0 atom stereocenters. The summed E-state index contributed by atoms with van der Waals surface area (Å²) in [7, 11) is -2.32. The molecule has 0 spiro atoms. The Hall–Kier alpha value is -3.87. The minimum absolute atomic E-state index is 0.00975. The second-order valence-corrected chi connectivity index (χ2v) is 11.2. The summed E-state index contributed by atoms with van der Waals surface area (Å²) >= 11 is 1.26. The fraction of sp³-hybridized carbons (Fsp3) is 0.222. The number of fused-ring (bicyclic) bond motifs is 1. The number of benzene rings is 3. The Kier molecular flexibility index (Phi) is 8.90. The van der Waals surface area contributed by atoms with Crippen molar-refractivity contribution in [2.75, 3.05) is 23.5 Å². The number of nitrogens with one attached hydrogen (secondary N) is 2. The highest BCUT2D eigenvalue weighted by atomic mass is 32.2. The van der Waals surface area contributed by atoms with E-state index in [-0.39, 0.29) is 22.5 Å². The monoisotopic (exact) mass is 567 g/mol. The Morgan fingerprint density at radius 3 is 2.49 bits per heavy atom. The third kappa shape index (κ3) is 6.96. The van der Waals surface area contributed by atoms with Crippen LogP contribution in [0.3, 0.4) is 0 Å². The van der Waals surface area contributed by atoms with Crippen molar-refractivity contribution in [2.45, 2.75) is 36.4 Å². The molecular weight excluding hydrogens is 538 g/mol. The molecule has 0 saturated carbocycles. The van der Waals surface area contributed by atoms with E-state index in [2.05, 4.69) is 22.5 Å². The molecule has 3 aromatic carbocycles. The van der Waals surface area contributed by atoms with Crippen LogP contribution in [0.4, 0.5) is 11.4 Å². The zero-order chi connectivity index (χ0) is 28.0. The van der Waals surface area contributed by atoms with E-state index >= 15 is 0 Å². The number of aryl methyl sites for hydroxylation is 1. The lowest BCUT2D eigenvalue weighted by Crippen LogP contribution is -2.15. The summed E-state index contributed by atoms with van der Waals surface area (Å²) in [4.78, 5) is 29.9. The number of hydrogen-bond acceptors (Lipinski definition) is 7. The van der Waals surface area contributed by atoms with Gasteiger partial charge in [0.2, 0.25) is 15.9 Å². The number of rotatable bonds is 11. The maximum Gasteiger partial charge on any atom is 0.255 e. The second kappa shape index (κ2) is 12.3. The molecule has 0 unspecified atom stereocenters. The number of nitrogens with zero attached hydrogens (tertiary/aromatic N) is 2. The topological polar surface area (TPSA) is 145 Å². The number of methoxy groups -OCH3 is 1. The van der Waals surface area contributed by atoms with Crippen molar-refractivity contribution in [3.05, 3.63) is 72.3 Å². The average Bonchev–Trinajstić information content (AvgIpc) is 3.27. The molecule has 39 heavy (non-hydrogen) atoms. The van der Waals surface area contributed by atoms with Crippen LogP contribution in [0.5, 0.6) is 5.75 Å². The van der Waals surface area contributed by atoms with Crippen molar-refractivity contribution in [2.24, 2.45) is 5.14 Å². The van der Waals surface area contributed by atoms with Gasteiger partial charge in [-0.25, -0.2) is 18.5 Å². The number of ether oxygens (including phenoxy) is 1. The van der Waals surface area contributed by atoms with Crippen LogP contribution >= 0.6 is 11.8 Å². The van der Waals surface area contributed by atoms with Crippen LogP contribution in [-0.4, -0.2) is 42.6 Å². The molecule has 2 amide bonds. The molecule has 0 aliphatic carbocycles. The van der Waals surface area contributed by atoms with Crippen LogP contribution in [0, 0.1) is 0 Å². The first-order valence-corrected chi connectivity index (χ1v) is 14.7. The molecule has 4 aromatic rings. The molecular formula is C27H29N5O5S2. The third-order valence-corrected chi connectivity index (χ3v) is 7.75. The molecule has 12 heteroatoms. The van der Waals surface area contributed by atoms with Gasteiger partial charge in [-0.05, 0) is 61.0 Å². The number of primary sulfonamides is 1. The number of anilines is 2. The number of para-hydroxylation sites is 2. The van der Waals surface area contributed by atoms with E-state index < -0.39 is 10.0 Å². The van der Waals surface area contributed by atoms with Crippen LogP contribution < -0.4 is 20.5 Å². The molecule has 0 bridgehead atoms. The van der Waals surface area contributed by atoms with E-state index in [9.17, 15) is 18.0 Å². The van der Waals surface area contributed by atoms with Gasteiger partial charge in [-0.15, -0.1) is 0 Å². The summed E-state index contributed by atoms with van der Waals surface area (Å²) in [5, 5.41) is 11.5. The van der Waals surface area contributed by atoms with Crippen LogP contribution in [0.2, 0.25) is 0 Å². The van der Waals surface area contributed by atoms with Gasteiger partial charge in [-0.3, -0.25) is 9.59 Å². The highest BCUT2D eigenvalue weighted by Gasteiger charge is 2.16. The zero-order valence-corrected chi connectivity index (χ0v) is 23.1. The van der Waals surface area contributed by atoms with Crippen molar-refractivity contribution in [3.63, 3.8) is 0 Å². The molecule has 0 fully saturated rings. The molecule has 204 valence electrons. The highest BCUT2D eigenvalue weighted by Crippen LogP contribution is 2.27. The Bertz CT molecular complexity index is 1600. The molecule has 4 N–H and O–H groups in total. The minimum atomic E-state index is -3.85. The van der Waals surface area contributed by atoms with E-state index in [4.69, 9.17) is 9.88 Å². The fourth-order valence-corrected chi connectivity index (χ4v) is 5.26. The highest BCUT2D eigenvalue weighted by molar-refractivity contribution is 7.99. The quantitative estimate of drug-likeness (QED) is 0.227. The van der Waals surface area contributed by atoms with Crippen molar-refractivity contribution < 1.29 is 22.7 Å². The van der Waals surface area contributed by atoms with Gasteiger partial charge in [0.1, 0.15) is 5.75 Å². The van der Waals surface area contributed by atoms with Crippen molar-refractivity contribution in [1.29, 1.82) is 0 Å². The first-order valence-electron chi connectivity index (χ1n) is 12.2. The van der Waals surface area contributed by atoms with E-state index in [1.807, 2.05) is 10.6 Å². The predicted molar refractivity (Wildman–Crippen MR) is 153 cm³/mol. The number of nitrogens with two attached hydrogens (primary N) is 1. The summed E-state index contributed by atoms with van der Waals surface area (Å²) in [5.41, 5.74) is 2.82.